The Balaban J connectivity index is 1.23. The topological polar surface area (TPSA) is 12.9 Å². The van der Waals surface area contributed by atoms with Gasteiger partial charge >= 0.3 is 0 Å². The molecule has 0 N–H and O–H groups in total. The number of hydrogen-bond donors (Lipinski definition) is 0. The SMILES string of the molecule is c1ccc(CCCCCc2ccccc2-c2cccc(-c3cc4c(ccc5ccccc54)cn3)c2)cc1. The normalized spacial score (nSPS) is 11.2. The molecule has 1 aromatic heterocycles. The van der Waals surface area contributed by atoms with Crippen LogP contribution in [-0.4, -0.2) is 4.98 Å². The molecule has 0 saturated heterocycles. The van der Waals surface area contributed by atoms with Gasteiger partial charge in [-0.25, -0.2) is 0 Å². The molecule has 37 heavy (non-hydrogen) atoms. The third-order valence-corrected chi connectivity index (χ3v) is 7.37. The standard InChI is InChI=1S/C36H31N/c1-3-12-27(13-4-1)14-5-2-6-15-28-16-7-9-20-33(28)30-18-11-19-31(24-30)36-25-35-32(26-37-36)23-22-29-17-8-10-21-34(29)35/h1,3-4,7-13,16-26H,2,5-6,14-15H2. The highest BCUT2D eigenvalue weighted by atomic mass is 14.7. The van der Waals surface area contributed by atoms with E-state index in [9.17, 15) is 0 Å². The van der Waals surface area contributed by atoms with Crippen LogP contribution in [0.4, 0.5) is 0 Å². The van der Waals surface area contributed by atoms with Crippen molar-refractivity contribution < 1.29 is 0 Å². The lowest BCUT2D eigenvalue weighted by atomic mass is 9.93. The van der Waals surface area contributed by atoms with Gasteiger partial charge in [0.25, 0.3) is 0 Å². The first-order valence-electron chi connectivity index (χ1n) is 13.4. The van der Waals surface area contributed by atoms with Gasteiger partial charge in [0.15, 0.2) is 0 Å². The summed E-state index contributed by atoms with van der Waals surface area (Å²) in [5.41, 5.74) is 7.64. The number of pyridine rings is 1. The Hall–Kier alpha value is -4.23. The van der Waals surface area contributed by atoms with Crippen LogP contribution in [0.1, 0.15) is 30.4 Å². The van der Waals surface area contributed by atoms with Gasteiger partial charge < -0.3 is 0 Å². The number of rotatable bonds is 8. The molecule has 5 aromatic carbocycles. The maximum absolute atomic E-state index is 4.84. The minimum Gasteiger partial charge on any atom is -0.256 e. The minimum atomic E-state index is 1.02. The molecule has 180 valence electrons. The summed E-state index contributed by atoms with van der Waals surface area (Å²) in [4.78, 5) is 4.84. The summed E-state index contributed by atoms with van der Waals surface area (Å²) in [6, 6.07) is 43.7. The summed E-state index contributed by atoms with van der Waals surface area (Å²) in [6.07, 6.45) is 7.98. The predicted molar refractivity (Wildman–Crippen MR) is 158 cm³/mol. The van der Waals surface area contributed by atoms with Crippen LogP contribution < -0.4 is 0 Å². The molecule has 0 saturated carbocycles. The van der Waals surface area contributed by atoms with Crippen molar-refractivity contribution in [2.75, 3.05) is 0 Å². The molecule has 1 heterocycles. The van der Waals surface area contributed by atoms with Crippen LogP contribution in [0.2, 0.25) is 0 Å². The van der Waals surface area contributed by atoms with E-state index in [1.54, 1.807) is 0 Å². The van der Waals surface area contributed by atoms with Crippen molar-refractivity contribution in [3.8, 4) is 22.4 Å². The van der Waals surface area contributed by atoms with Gasteiger partial charge in [-0.15, -0.1) is 0 Å². The Morgan fingerprint density at radius 2 is 1.24 bits per heavy atom. The molecule has 0 amide bonds. The van der Waals surface area contributed by atoms with Gasteiger partial charge in [-0.05, 0) is 76.2 Å². The average molecular weight is 478 g/mol. The van der Waals surface area contributed by atoms with Gasteiger partial charge in [0.2, 0.25) is 0 Å². The van der Waals surface area contributed by atoms with Crippen LogP contribution in [0.5, 0.6) is 0 Å². The fourth-order valence-corrected chi connectivity index (χ4v) is 5.39. The van der Waals surface area contributed by atoms with E-state index in [2.05, 4.69) is 121 Å². The third-order valence-electron chi connectivity index (χ3n) is 7.37. The fourth-order valence-electron chi connectivity index (χ4n) is 5.39. The highest BCUT2D eigenvalue weighted by Crippen LogP contribution is 2.32. The molecule has 6 rings (SSSR count). The Labute approximate surface area is 219 Å². The number of unbranched alkanes of at least 4 members (excludes halogenated alkanes) is 2. The van der Waals surface area contributed by atoms with Crippen LogP contribution in [0.15, 0.2) is 128 Å². The van der Waals surface area contributed by atoms with Gasteiger partial charge in [0, 0.05) is 17.1 Å². The number of benzene rings is 5. The van der Waals surface area contributed by atoms with Crippen molar-refractivity contribution in [2.24, 2.45) is 0 Å². The molecule has 1 heteroatoms. The molecule has 0 bridgehead atoms. The van der Waals surface area contributed by atoms with E-state index in [0.29, 0.717) is 0 Å². The van der Waals surface area contributed by atoms with Crippen LogP contribution in [0.25, 0.3) is 43.9 Å². The third kappa shape index (κ3) is 5.17. The Morgan fingerprint density at radius 1 is 0.486 bits per heavy atom. The molecule has 0 aliphatic rings. The largest absolute Gasteiger partial charge is 0.256 e. The number of fused-ring (bicyclic) bond motifs is 3. The summed E-state index contributed by atoms with van der Waals surface area (Å²) >= 11 is 0. The van der Waals surface area contributed by atoms with E-state index in [1.807, 2.05) is 6.20 Å². The summed E-state index contributed by atoms with van der Waals surface area (Å²) in [7, 11) is 0. The molecule has 6 aromatic rings. The monoisotopic (exact) mass is 477 g/mol. The molecule has 0 aliphatic carbocycles. The summed E-state index contributed by atoms with van der Waals surface area (Å²) in [6.45, 7) is 0. The number of hydrogen-bond acceptors (Lipinski definition) is 1. The average Bonchev–Trinajstić information content (AvgIpc) is 2.97. The molecule has 0 radical (unpaired) electrons. The molecule has 0 aliphatic heterocycles. The summed E-state index contributed by atoms with van der Waals surface area (Å²) in [5.74, 6) is 0. The Bertz CT molecular complexity index is 1650. The first-order chi connectivity index (χ1) is 18.3. The zero-order chi connectivity index (χ0) is 24.9. The molecule has 0 atom stereocenters. The molecular formula is C36H31N. The smallest absolute Gasteiger partial charge is 0.0708 e. The van der Waals surface area contributed by atoms with Gasteiger partial charge in [-0.3, -0.25) is 4.98 Å². The van der Waals surface area contributed by atoms with Gasteiger partial charge in [0.05, 0.1) is 5.69 Å². The lowest BCUT2D eigenvalue weighted by Gasteiger charge is -2.12. The second kappa shape index (κ2) is 10.8. The lowest BCUT2D eigenvalue weighted by Crippen LogP contribution is -1.93. The quantitative estimate of drug-likeness (QED) is 0.157. The maximum atomic E-state index is 4.84. The second-order valence-corrected chi connectivity index (χ2v) is 9.86. The molecule has 0 fully saturated rings. The van der Waals surface area contributed by atoms with E-state index in [1.165, 1.54) is 69.5 Å². The fraction of sp³-hybridized carbons (Fsp3) is 0.139. The van der Waals surface area contributed by atoms with Crippen molar-refractivity contribution in [1.29, 1.82) is 0 Å². The van der Waals surface area contributed by atoms with Crippen molar-refractivity contribution >= 4 is 21.5 Å². The van der Waals surface area contributed by atoms with E-state index in [4.69, 9.17) is 4.98 Å². The van der Waals surface area contributed by atoms with Crippen molar-refractivity contribution in [2.45, 2.75) is 32.1 Å². The highest BCUT2D eigenvalue weighted by Gasteiger charge is 2.09. The molecule has 0 unspecified atom stereocenters. The minimum absolute atomic E-state index is 1.02. The second-order valence-electron chi connectivity index (χ2n) is 9.86. The van der Waals surface area contributed by atoms with Crippen LogP contribution in [0.3, 0.4) is 0 Å². The first kappa shape index (κ1) is 23.2. The highest BCUT2D eigenvalue weighted by molar-refractivity contribution is 6.08. The number of nitrogens with zero attached hydrogens (tertiary/aromatic N) is 1. The van der Waals surface area contributed by atoms with Crippen molar-refractivity contribution in [3.05, 3.63) is 139 Å². The molecule has 0 spiro atoms. The predicted octanol–water partition coefficient (Wildman–Crippen LogP) is 9.68. The van der Waals surface area contributed by atoms with E-state index < -0.39 is 0 Å². The number of aryl methyl sites for hydroxylation is 2. The maximum Gasteiger partial charge on any atom is 0.0708 e. The van der Waals surface area contributed by atoms with E-state index in [-0.39, 0.29) is 0 Å². The number of aromatic nitrogens is 1. The van der Waals surface area contributed by atoms with Crippen LogP contribution >= 0.6 is 0 Å². The zero-order valence-corrected chi connectivity index (χ0v) is 21.1. The zero-order valence-electron chi connectivity index (χ0n) is 21.1. The van der Waals surface area contributed by atoms with Gasteiger partial charge in [0.1, 0.15) is 0 Å². The summed E-state index contributed by atoms with van der Waals surface area (Å²) < 4.78 is 0. The molecular weight excluding hydrogens is 446 g/mol. The van der Waals surface area contributed by atoms with Crippen LogP contribution in [-0.2, 0) is 12.8 Å². The molecule has 1 nitrogen and oxygen atoms in total. The Kier molecular flexibility index (Phi) is 6.77. The van der Waals surface area contributed by atoms with Crippen molar-refractivity contribution in [3.63, 3.8) is 0 Å². The van der Waals surface area contributed by atoms with Crippen LogP contribution in [0, 0.1) is 0 Å². The van der Waals surface area contributed by atoms with Crippen molar-refractivity contribution in [1.82, 2.24) is 4.98 Å². The summed E-state index contributed by atoms with van der Waals surface area (Å²) in [5, 5.41) is 4.97. The van der Waals surface area contributed by atoms with E-state index in [0.717, 1.165) is 17.7 Å². The Morgan fingerprint density at radius 3 is 2.19 bits per heavy atom. The van der Waals surface area contributed by atoms with Gasteiger partial charge in [-0.2, -0.15) is 0 Å². The lowest BCUT2D eigenvalue weighted by molar-refractivity contribution is 0.679. The van der Waals surface area contributed by atoms with Gasteiger partial charge in [-0.1, -0.05) is 116 Å². The first-order valence-corrected chi connectivity index (χ1v) is 13.4. The van der Waals surface area contributed by atoms with E-state index >= 15 is 0 Å².